The first kappa shape index (κ1) is 18.9. The van der Waals surface area contributed by atoms with Crippen molar-refractivity contribution in [2.75, 3.05) is 4.72 Å². The Balaban J connectivity index is 1.64. The molecule has 0 atom stereocenters. The molecule has 4 nitrogen and oxygen atoms in total. The molecule has 3 aromatic carbocycles. The van der Waals surface area contributed by atoms with Crippen molar-refractivity contribution in [2.24, 2.45) is 0 Å². The van der Waals surface area contributed by atoms with E-state index in [4.69, 9.17) is 11.6 Å². The van der Waals surface area contributed by atoms with Crippen LogP contribution in [0.3, 0.4) is 0 Å². The normalized spacial score (nSPS) is 11.7. The summed E-state index contributed by atoms with van der Waals surface area (Å²) in [5.41, 5.74) is 4.28. The zero-order valence-corrected chi connectivity index (χ0v) is 17.6. The van der Waals surface area contributed by atoms with Crippen LogP contribution in [-0.4, -0.2) is 13.4 Å². The van der Waals surface area contributed by atoms with Crippen LogP contribution in [0.1, 0.15) is 11.1 Å². The van der Waals surface area contributed by atoms with Crippen LogP contribution in [0, 0.1) is 13.8 Å². The van der Waals surface area contributed by atoms with E-state index in [-0.39, 0.29) is 4.90 Å². The van der Waals surface area contributed by atoms with E-state index in [1.807, 2.05) is 26.0 Å². The number of sulfonamides is 1. The van der Waals surface area contributed by atoms with Crippen molar-refractivity contribution in [3.8, 4) is 10.6 Å². The highest BCUT2D eigenvalue weighted by Crippen LogP contribution is 2.36. The molecule has 0 bridgehead atoms. The molecule has 0 radical (unpaired) electrons. The highest BCUT2D eigenvalue weighted by Gasteiger charge is 2.16. The Kier molecular flexibility index (Phi) is 4.87. The van der Waals surface area contributed by atoms with Gasteiger partial charge in [-0.3, -0.25) is 4.72 Å². The molecular formula is C21H17ClN2O2S2. The van der Waals surface area contributed by atoms with Gasteiger partial charge >= 0.3 is 0 Å². The molecule has 1 N–H and O–H groups in total. The monoisotopic (exact) mass is 428 g/mol. The molecule has 142 valence electrons. The maximum absolute atomic E-state index is 12.6. The van der Waals surface area contributed by atoms with Crippen LogP contribution in [0.15, 0.2) is 65.6 Å². The van der Waals surface area contributed by atoms with Gasteiger partial charge in [0.1, 0.15) is 5.01 Å². The van der Waals surface area contributed by atoms with Crippen LogP contribution in [0.5, 0.6) is 0 Å². The van der Waals surface area contributed by atoms with Crippen LogP contribution in [0.4, 0.5) is 5.69 Å². The molecule has 0 fully saturated rings. The quantitative estimate of drug-likeness (QED) is 0.431. The molecule has 0 spiro atoms. The SMILES string of the molecule is Cc1ccc(S(=O)(=O)Nc2ccc(-c3nc4ccc(C)cc4s3)c(Cl)c2)cc1. The lowest BCUT2D eigenvalue weighted by Crippen LogP contribution is -2.12. The first-order valence-corrected chi connectivity index (χ1v) is 11.3. The number of thiazole rings is 1. The summed E-state index contributed by atoms with van der Waals surface area (Å²) in [6.07, 6.45) is 0. The Morgan fingerprint density at radius 1 is 0.929 bits per heavy atom. The number of benzene rings is 3. The smallest absolute Gasteiger partial charge is 0.261 e. The highest BCUT2D eigenvalue weighted by atomic mass is 35.5. The van der Waals surface area contributed by atoms with Gasteiger partial charge in [-0.05, 0) is 61.9 Å². The first-order valence-electron chi connectivity index (χ1n) is 8.58. The summed E-state index contributed by atoms with van der Waals surface area (Å²) in [6.45, 7) is 3.95. The summed E-state index contributed by atoms with van der Waals surface area (Å²) >= 11 is 8.01. The van der Waals surface area contributed by atoms with Crippen LogP contribution < -0.4 is 4.72 Å². The average molecular weight is 429 g/mol. The first-order chi connectivity index (χ1) is 13.3. The minimum absolute atomic E-state index is 0.208. The third kappa shape index (κ3) is 3.76. The van der Waals surface area contributed by atoms with E-state index >= 15 is 0 Å². The number of aryl methyl sites for hydroxylation is 2. The number of nitrogens with one attached hydrogen (secondary N) is 1. The maximum Gasteiger partial charge on any atom is 0.261 e. The largest absolute Gasteiger partial charge is 0.280 e. The number of fused-ring (bicyclic) bond motifs is 1. The molecule has 4 rings (SSSR count). The molecule has 0 saturated heterocycles. The van der Waals surface area contributed by atoms with Gasteiger partial charge in [0.05, 0.1) is 25.8 Å². The number of hydrogen-bond donors (Lipinski definition) is 1. The highest BCUT2D eigenvalue weighted by molar-refractivity contribution is 7.92. The fourth-order valence-corrected chi connectivity index (χ4v) is 5.31. The van der Waals surface area contributed by atoms with E-state index in [0.717, 1.165) is 26.4 Å². The molecule has 0 saturated carbocycles. The third-order valence-electron chi connectivity index (χ3n) is 4.33. The minimum Gasteiger partial charge on any atom is -0.280 e. The Morgan fingerprint density at radius 2 is 1.64 bits per heavy atom. The summed E-state index contributed by atoms with van der Waals surface area (Å²) < 4.78 is 28.8. The topological polar surface area (TPSA) is 59.1 Å². The average Bonchev–Trinajstić information content (AvgIpc) is 3.04. The Hall–Kier alpha value is -2.41. The molecule has 0 amide bonds. The van der Waals surface area contributed by atoms with Gasteiger partial charge in [-0.2, -0.15) is 0 Å². The van der Waals surface area contributed by atoms with E-state index in [9.17, 15) is 8.42 Å². The van der Waals surface area contributed by atoms with Gasteiger partial charge < -0.3 is 0 Å². The van der Waals surface area contributed by atoms with Crippen LogP contribution in [0.25, 0.3) is 20.8 Å². The number of nitrogens with zero attached hydrogens (tertiary/aromatic N) is 1. The van der Waals surface area contributed by atoms with E-state index < -0.39 is 10.0 Å². The Bertz CT molecular complexity index is 1280. The van der Waals surface area contributed by atoms with Crippen molar-refractivity contribution in [1.82, 2.24) is 4.98 Å². The molecule has 1 heterocycles. The number of hydrogen-bond acceptors (Lipinski definition) is 4. The van der Waals surface area contributed by atoms with Gasteiger partial charge in [0.25, 0.3) is 10.0 Å². The second-order valence-electron chi connectivity index (χ2n) is 6.60. The van der Waals surface area contributed by atoms with Gasteiger partial charge in [0.15, 0.2) is 0 Å². The maximum atomic E-state index is 12.6. The van der Waals surface area contributed by atoms with Crippen molar-refractivity contribution in [2.45, 2.75) is 18.7 Å². The van der Waals surface area contributed by atoms with Gasteiger partial charge in [0, 0.05) is 5.56 Å². The van der Waals surface area contributed by atoms with Crippen molar-refractivity contribution in [3.63, 3.8) is 0 Å². The number of halogens is 1. The van der Waals surface area contributed by atoms with Crippen molar-refractivity contribution in [3.05, 3.63) is 76.8 Å². The zero-order chi connectivity index (χ0) is 19.9. The summed E-state index contributed by atoms with van der Waals surface area (Å²) in [7, 11) is -3.67. The Morgan fingerprint density at radius 3 is 2.36 bits per heavy atom. The van der Waals surface area contributed by atoms with E-state index in [1.165, 1.54) is 5.56 Å². The fraction of sp³-hybridized carbons (Fsp3) is 0.0952. The summed E-state index contributed by atoms with van der Waals surface area (Å²) in [6, 6.07) is 17.9. The van der Waals surface area contributed by atoms with Crippen molar-refractivity contribution in [1.29, 1.82) is 0 Å². The standard InChI is InChI=1S/C21H17ClN2O2S2/c1-13-3-7-16(8-4-13)28(25,26)24-15-6-9-17(18(22)12-15)21-23-19-10-5-14(2)11-20(19)27-21/h3-12,24H,1-2H3. The molecule has 7 heteroatoms. The lowest BCUT2D eigenvalue weighted by molar-refractivity contribution is 0.601. The minimum atomic E-state index is -3.67. The lowest BCUT2D eigenvalue weighted by atomic mass is 10.2. The molecular weight excluding hydrogens is 412 g/mol. The molecule has 4 aromatic rings. The van der Waals surface area contributed by atoms with Crippen LogP contribution in [0.2, 0.25) is 5.02 Å². The predicted molar refractivity (Wildman–Crippen MR) is 117 cm³/mol. The van der Waals surface area contributed by atoms with Gasteiger partial charge in [0.2, 0.25) is 0 Å². The van der Waals surface area contributed by atoms with Crippen LogP contribution >= 0.6 is 22.9 Å². The zero-order valence-electron chi connectivity index (χ0n) is 15.2. The van der Waals surface area contributed by atoms with Gasteiger partial charge in [-0.15, -0.1) is 11.3 Å². The van der Waals surface area contributed by atoms with E-state index in [1.54, 1.807) is 53.8 Å². The lowest BCUT2D eigenvalue weighted by Gasteiger charge is -2.10. The molecule has 0 aliphatic carbocycles. The second-order valence-corrected chi connectivity index (χ2v) is 9.72. The summed E-state index contributed by atoms with van der Waals surface area (Å²) in [4.78, 5) is 4.85. The molecule has 28 heavy (non-hydrogen) atoms. The molecule has 0 aliphatic rings. The van der Waals surface area contributed by atoms with Gasteiger partial charge in [-0.1, -0.05) is 35.4 Å². The molecule has 1 aromatic heterocycles. The Labute approximate surface area is 172 Å². The predicted octanol–water partition coefficient (Wildman–Crippen LogP) is 6.03. The number of anilines is 1. The fourth-order valence-electron chi connectivity index (χ4n) is 2.83. The number of rotatable bonds is 4. The van der Waals surface area contributed by atoms with Crippen molar-refractivity contribution >= 4 is 48.9 Å². The molecule has 0 aliphatic heterocycles. The summed E-state index contributed by atoms with van der Waals surface area (Å²) in [5, 5.41) is 1.25. The third-order valence-corrected chi connectivity index (χ3v) is 7.09. The van der Waals surface area contributed by atoms with Crippen LogP contribution in [-0.2, 0) is 10.0 Å². The van der Waals surface area contributed by atoms with Crippen molar-refractivity contribution < 1.29 is 8.42 Å². The molecule has 0 unspecified atom stereocenters. The van der Waals surface area contributed by atoms with E-state index in [2.05, 4.69) is 15.8 Å². The van der Waals surface area contributed by atoms with Gasteiger partial charge in [-0.25, -0.2) is 13.4 Å². The second kappa shape index (κ2) is 7.20. The number of aromatic nitrogens is 1. The summed E-state index contributed by atoms with van der Waals surface area (Å²) in [5.74, 6) is 0. The van der Waals surface area contributed by atoms with E-state index in [0.29, 0.717) is 10.7 Å².